The van der Waals surface area contributed by atoms with Crippen LogP contribution < -0.4 is 4.74 Å². The molecule has 4 heteroatoms. The normalized spacial score (nSPS) is 11.9. The quantitative estimate of drug-likeness (QED) is 0.677. The SMILES string of the molecule is CCCC(CCC)c1ccccc1OC(F)(F)F. The minimum Gasteiger partial charge on any atom is -0.405 e. The molecule has 1 rings (SSSR count). The summed E-state index contributed by atoms with van der Waals surface area (Å²) in [6.45, 7) is 4.08. The molecule has 0 radical (unpaired) electrons. The molecule has 0 saturated heterocycles. The molecule has 0 atom stereocenters. The third kappa shape index (κ3) is 4.59. The minimum atomic E-state index is -4.63. The van der Waals surface area contributed by atoms with Crippen LogP contribution >= 0.6 is 0 Å². The van der Waals surface area contributed by atoms with Gasteiger partial charge in [0.05, 0.1) is 0 Å². The van der Waals surface area contributed by atoms with Crippen LogP contribution in [0, 0.1) is 0 Å². The van der Waals surface area contributed by atoms with Gasteiger partial charge in [0.15, 0.2) is 0 Å². The van der Waals surface area contributed by atoms with Gasteiger partial charge in [-0.25, -0.2) is 0 Å². The molecular formula is C14H19F3O. The summed E-state index contributed by atoms with van der Waals surface area (Å²) >= 11 is 0. The highest BCUT2D eigenvalue weighted by Gasteiger charge is 2.32. The van der Waals surface area contributed by atoms with Gasteiger partial charge in [0, 0.05) is 0 Å². The number of hydrogen-bond acceptors (Lipinski definition) is 1. The molecule has 0 saturated carbocycles. The third-order valence-corrected chi connectivity index (χ3v) is 2.86. The first-order chi connectivity index (χ1) is 8.48. The van der Waals surface area contributed by atoms with Crippen molar-refractivity contribution in [2.75, 3.05) is 0 Å². The molecule has 0 aromatic heterocycles. The van der Waals surface area contributed by atoms with Crippen LogP contribution in [0.3, 0.4) is 0 Å². The van der Waals surface area contributed by atoms with Gasteiger partial charge in [-0.15, -0.1) is 13.2 Å². The maximum absolute atomic E-state index is 12.3. The summed E-state index contributed by atoms with van der Waals surface area (Å²) in [6.07, 6.45) is -0.965. The molecular weight excluding hydrogens is 241 g/mol. The van der Waals surface area contributed by atoms with E-state index in [0.717, 1.165) is 25.7 Å². The standard InChI is InChI=1S/C14H19F3O/c1-3-7-11(8-4-2)12-9-5-6-10-13(12)18-14(15,16)17/h5-6,9-11H,3-4,7-8H2,1-2H3. The second kappa shape index (κ2) is 6.66. The molecule has 0 unspecified atom stereocenters. The Bertz CT molecular complexity index is 354. The minimum absolute atomic E-state index is 0.0584. The molecule has 1 aromatic rings. The van der Waals surface area contributed by atoms with E-state index in [4.69, 9.17) is 0 Å². The Kier molecular flexibility index (Phi) is 5.51. The summed E-state index contributed by atoms with van der Waals surface area (Å²) in [5.74, 6) is 0.0791. The average molecular weight is 260 g/mol. The van der Waals surface area contributed by atoms with E-state index < -0.39 is 6.36 Å². The number of alkyl halides is 3. The predicted octanol–water partition coefficient (Wildman–Crippen LogP) is 5.27. The Balaban J connectivity index is 2.97. The van der Waals surface area contributed by atoms with Crippen molar-refractivity contribution in [1.82, 2.24) is 0 Å². The average Bonchev–Trinajstić information content (AvgIpc) is 2.27. The van der Waals surface area contributed by atoms with Crippen LogP contribution in [-0.2, 0) is 0 Å². The number of hydrogen-bond donors (Lipinski definition) is 0. The van der Waals surface area contributed by atoms with Crippen molar-refractivity contribution in [1.29, 1.82) is 0 Å². The lowest BCUT2D eigenvalue weighted by molar-refractivity contribution is -0.275. The predicted molar refractivity (Wildman–Crippen MR) is 65.7 cm³/mol. The fraction of sp³-hybridized carbons (Fsp3) is 0.571. The van der Waals surface area contributed by atoms with Crippen molar-refractivity contribution in [3.63, 3.8) is 0 Å². The van der Waals surface area contributed by atoms with Gasteiger partial charge in [-0.1, -0.05) is 44.9 Å². The molecule has 102 valence electrons. The van der Waals surface area contributed by atoms with Gasteiger partial charge < -0.3 is 4.74 Å². The van der Waals surface area contributed by atoms with Crippen molar-refractivity contribution in [3.8, 4) is 5.75 Å². The summed E-state index contributed by atoms with van der Waals surface area (Å²) in [5.41, 5.74) is 0.665. The van der Waals surface area contributed by atoms with Gasteiger partial charge in [0.2, 0.25) is 0 Å². The maximum Gasteiger partial charge on any atom is 0.573 e. The first kappa shape index (κ1) is 14.9. The highest BCUT2D eigenvalue weighted by atomic mass is 19.4. The van der Waals surface area contributed by atoms with Crippen molar-refractivity contribution >= 4 is 0 Å². The molecule has 0 spiro atoms. The number of ether oxygens (including phenoxy) is 1. The van der Waals surface area contributed by atoms with E-state index in [1.807, 2.05) is 13.8 Å². The zero-order valence-electron chi connectivity index (χ0n) is 10.8. The van der Waals surface area contributed by atoms with E-state index in [2.05, 4.69) is 4.74 Å². The fourth-order valence-electron chi connectivity index (χ4n) is 2.19. The zero-order chi connectivity index (χ0) is 13.6. The van der Waals surface area contributed by atoms with Crippen LogP contribution in [0.25, 0.3) is 0 Å². The Hall–Kier alpha value is -1.19. The van der Waals surface area contributed by atoms with E-state index in [1.54, 1.807) is 18.2 Å². The van der Waals surface area contributed by atoms with Crippen LogP contribution in [0.4, 0.5) is 13.2 Å². The van der Waals surface area contributed by atoms with Gasteiger partial charge in [0.25, 0.3) is 0 Å². The molecule has 1 aromatic carbocycles. The van der Waals surface area contributed by atoms with Crippen molar-refractivity contribution in [2.24, 2.45) is 0 Å². The van der Waals surface area contributed by atoms with Crippen molar-refractivity contribution in [2.45, 2.75) is 51.8 Å². The summed E-state index contributed by atoms with van der Waals surface area (Å²) < 4.78 is 41.1. The Morgan fingerprint density at radius 1 is 1.06 bits per heavy atom. The topological polar surface area (TPSA) is 9.23 Å². The molecule has 18 heavy (non-hydrogen) atoms. The van der Waals surface area contributed by atoms with Crippen molar-refractivity contribution in [3.05, 3.63) is 29.8 Å². The third-order valence-electron chi connectivity index (χ3n) is 2.86. The number of benzene rings is 1. The Morgan fingerprint density at radius 2 is 1.61 bits per heavy atom. The zero-order valence-corrected chi connectivity index (χ0v) is 10.8. The summed E-state index contributed by atoms with van der Waals surface area (Å²) in [6, 6.07) is 6.45. The number of rotatable bonds is 6. The van der Waals surface area contributed by atoms with Gasteiger partial charge in [-0.3, -0.25) is 0 Å². The Labute approximate surface area is 106 Å². The first-order valence-corrected chi connectivity index (χ1v) is 6.32. The number of para-hydroxylation sites is 1. The lowest BCUT2D eigenvalue weighted by Crippen LogP contribution is -2.18. The molecule has 0 amide bonds. The van der Waals surface area contributed by atoms with Gasteiger partial charge in [0.1, 0.15) is 5.75 Å². The van der Waals surface area contributed by atoms with Gasteiger partial charge in [-0.2, -0.15) is 0 Å². The monoisotopic (exact) mass is 260 g/mol. The molecule has 0 fully saturated rings. The van der Waals surface area contributed by atoms with Crippen LogP contribution in [-0.4, -0.2) is 6.36 Å². The molecule has 0 aliphatic heterocycles. The molecule has 0 bridgehead atoms. The second-order valence-electron chi connectivity index (χ2n) is 4.36. The second-order valence-corrected chi connectivity index (χ2v) is 4.36. The maximum atomic E-state index is 12.3. The van der Waals surface area contributed by atoms with E-state index in [9.17, 15) is 13.2 Å². The smallest absolute Gasteiger partial charge is 0.405 e. The van der Waals surface area contributed by atoms with Gasteiger partial charge in [-0.05, 0) is 30.4 Å². The van der Waals surface area contributed by atoms with Gasteiger partial charge >= 0.3 is 6.36 Å². The van der Waals surface area contributed by atoms with E-state index in [0.29, 0.717) is 5.56 Å². The number of halogens is 3. The highest BCUT2D eigenvalue weighted by Crippen LogP contribution is 2.35. The van der Waals surface area contributed by atoms with Crippen LogP contribution in [0.15, 0.2) is 24.3 Å². The molecule has 0 N–H and O–H groups in total. The molecule has 0 aliphatic rings. The highest BCUT2D eigenvalue weighted by molar-refractivity contribution is 5.36. The lowest BCUT2D eigenvalue weighted by Gasteiger charge is -2.20. The summed E-state index contributed by atoms with van der Waals surface area (Å²) in [5, 5.41) is 0. The fourth-order valence-corrected chi connectivity index (χ4v) is 2.19. The van der Waals surface area contributed by atoms with Crippen LogP contribution in [0.1, 0.15) is 51.0 Å². The van der Waals surface area contributed by atoms with Crippen LogP contribution in [0.2, 0.25) is 0 Å². The Morgan fingerprint density at radius 3 is 2.11 bits per heavy atom. The first-order valence-electron chi connectivity index (χ1n) is 6.32. The molecule has 1 nitrogen and oxygen atoms in total. The largest absolute Gasteiger partial charge is 0.573 e. The lowest BCUT2D eigenvalue weighted by atomic mass is 9.90. The van der Waals surface area contributed by atoms with E-state index in [1.165, 1.54) is 6.07 Å². The molecule has 0 heterocycles. The summed E-state index contributed by atoms with van der Waals surface area (Å²) in [7, 11) is 0. The van der Waals surface area contributed by atoms with E-state index in [-0.39, 0.29) is 11.7 Å². The van der Waals surface area contributed by atoms with E-state index >= 15 is 0 Å². The van der Waals surface area contributed by atoms with Crippen LogP contribution in [0.5, 0.6) is 5.75 Å². The van der Waals surface area contributed by atoms with Crippen molar-refractivity contribution < 1.29 is 17.9 Å². The summed E-state index contributed by atoms with van der Waals surface area (Å²) in [4.78, 5) is 0. The molecule has 0 aliphatic carbocycles.